The first-order valence-corrected chi connectivity index (χ1v) is 19.8. The molecule has 0 N–H and O–H groups in total. The van der Waals surface area contributed by atoms with Crippen LogP contribution in [0.1, 0.15) is 33.4 Å². The van der Waals surface area contributed by atoms with Crippen LogP contribution in [0.5, 0.6) is 0 Å². The van der Waals surface area contributed by atoms with Gasteiger partial charge in [0.1, 0.15) is 0 Å². The standard InChI is InChI=1S/C48H42B3NO6/c1-4-40(34-43(7-1)49-53-28-29-54-49)13-10-37-16-22-46(23-17-37)52(47-24-18-38(19-25-47)11-14-41-5-2-8-44(35-41)50-55-30-31-56-50)48-26-20-39(21-27-48)12-15-42-6-3-9-45(36-42)51-57-32-33-58-51/h1-27,34-36H,28-33H2. The van der Waals surface area contributed by atoms with Crippen LogP contribution in [-0.4, -0.2) is 61.0 Å². The number of benzene rings is 6. The van der Waals surface area contributed by atoms with Crippen LogP contribution in [0, 0.1) is 0 Å². The second-order valence-electron chi connectivity index (χ2n) is 14.3. The zero-order chi connectivity index (χ0) is 38.9. The van der Waals surface area contributed by atoms with Crippen LogP contribution in [0.15, 0.2) is 146 Å². The van der Waals surface area contributed by atoms with Crippen molar-refractivity contribution in [2.24, 2.45) is 0 Å². The summed E-state index contributed by atoms with van der Waals surface area (Å²) in [6.45, 7) is 3.76. The molecule has 0 bridgehead atoms. The molecule has 284 valence electrons. The van der Waals surface area contributed by atoms with Gasteiger partial charge in [0.15, 0.2) is 0 Å². The smallest absolute Gasteiger partial charge is 0.405 e. The van der Waals surface area contributed by atoms with Crippen LogP contribution in [0.4, 0.5) is 17.1 Å². The summed E-state index contributed by atoms with van der Waals surface area (Å²) in [5.41, 5.74) is 12.9. The van der Waals surface area contributed by atoms with Crippen molar-refractivity contribution in [3.63, 3.8) is 0 Å². The second kappa shape index (κ2) is 18.3. The van der Waals surface area contributed by atoms with E-state index in [1.807, 2.05) is 36.4 Å². The Morgan fingerprint density at radius 3 is 0.845 bits per heavy atom. The van der Waals surface area contributed by atoms with E-state index in [4.69, 9.17) is 27.9 Å². The predicted octanol–water partition coefficient (Wildman–Crippen LogP) is 7.89. The Kier molecular flexibility index (Phi) is 11.9. The van der Waals surface area contributed by atoms with Gasteiger partial charge in [0.25, 0.3) is 0 Å². The van der Waals surface area contributed by atoms with E-state index in [1.54, 1.807) is 0 Å². The molecule has 0 amide bonds. The molecule has 10 heteroatoms. The van der Waals surface area contributed by atoms with E-state index in [-0.39, 0.29) is 21.4 Å². The lowest BCUT2D eigenvalue weighted by molar-refractivity contribution is 0.365. The summed E-state index contributed by atoms with van der Waals surface area (Å²) >= 11 is 0. The van der Waals surface area contributed by atoms with Gasteiger partial charge in [-0.3, -0.25) is 0 Å². The highest BCUT2D eigenvalue weighted by Crippen LogP contribution is 2.35. The van der Waals surface area contributed by atoms with Crippen molar-refractivity contribution in [1.82, 2.24) is 0 Å². The maximum Gasteiger partial charge on any atom is 0.494 e. The maximum atomic E-state index is 5.71. The molecule has 0 unspecified atom stereocenters. The molecule has 0 saturated carbocycles. The highest BCUT2D eigenvalue weighted by molar-refractivity contribution is 6.62. The lowest BCUT2D eigenvalue weighted by Gasteiger charge is -2.26. The van der Waals surface area contributed by atoms with Crippen LogP contribution < -0.4 is 21.3 Å². The minimum Gasteiger partial charge on any atom is -0.405 e. The van der Waals surface area contributed by atoms with Crippen LogP contribution >= 0.6 is 0 Å². The number of hydrogen-bond acceptors (Lipinski definition) is 7. The third kappa shape index (κ3) is 9.36. The lowest BCUT2D eigenvalue weighted by atomic mass is 9.79. The summed E-state index contributed by atoms with van der Waals surface area (Å²) in [6, 6.07) is 50.9. The molecule has 0 aliphatic carbocycles. The maximum absolute atomic E-state index is 5.71. The Bertz CT molecular complexity index is 2110. The molecule has 3 heterocycles. The fraction of sp³-hybridized carbons (Fsp3) is 0.125. The molecular weight excluding hydrogens is 719 g/mol. The number of nitrogens with zero attached hydrogens (tertiary/aromatic N) is 1. The largest absolute Gasteiger partial charge is 0.494 e. The Balaban J connectivity index is 0.953. The van der Waals surface area contributed by atoms with Crippen LogP contribution in [0.2, 0.25) is 0 Å². The summed E-state index contributed by atoms with van der Waals surface area (Å²) in [7, 11) is -0.868. The zero-order valence-corrected chi connectivity index (χ0v) is 32.2. The fourth-order valence-electron chi connectivity index (χ4n) is 7.31. The highest BCUT2D eigenvalue weighted by Gasteiger charge is 2.27. The number of hydrogen-bond donors (Lipinski definition) is 0. The van der Waals surface area contributed by atoms with Crippen LogP contribution in [-0.2, 0) is 27.9 Å². The molecule has 0 radical (unpaired) electrons. The van der Waals surface area contributed by atoms with Crippen molar-refractivity contribution in [3.8, 4) is 0 Å². The van der Waals surface area contributed by atoms with E-state index in [0.717, 1.165) is 66.8 Å². The summed E-state index contributed by atoms with van der Waals surface area (Å²) < 4.78 is 34.2. The highest BCUT2D eigenvalue weighted by atomic mass is 16.6. The molecule has 0 aromatic heterocycles. The third-order valence-corrected chi connectivity index (χ3v) is 10.3. The normalized spacial score (nSPS) is 15.8. The van der Waals surface area contributed by atoms with Crippen molar-refractivity contribution in [2.45, 2.75) is 0 Å². The molecule has 6 aromatic rings. The topological polar surface area (TPSA) is 58.6 Å². The molecule has 3 fully saturated rings. The summed E-state index contributed by atoms with van der Waals surface area (Å²) in [6.07, 6.45) is 12.8. The SMILES string of the molecule is C(=Cc1cccc(B2OCCO2)c1)c1ccc(N(c2ccc(C=Cc3cccc(B4OCCO4)c3)cc2)c2ccc(C=Cc3cccc(B4OCCO4)c3)cc2)cc1. The van der Waals surface area contributed by atoms with Crippen LogP contribution in [0.25, 0.3) is 36.5 Å². The molecule has 3 aliphatic heterocycles. The first kappa shape index (κ1) is 37.8. The Labute approximate surface area is 341 Å². The van der Waals surface area contributed by atoms with E-state index in [2.05, 4.69) is 151 Å². The van der Waals surface area contributed by atoms with Gasteiger partial charge in [-0.2, -0.15) is 0 Å². The van der Waals surface area contributed by atoms with E-state index in [0.29, 0.717) is 39.6 Å². The van der Waals surface area contributed by atoms with Gasteiger partial charge in [-0.25, -0.2) is 0 Å². The fourth-order valence-corrected chi connectivity index (χ4v) is 7.31. The Hall–Kier alpha value is -5.71. The van der Waals surface area contributed by atoms with Gasteiger partial charge in [-0.1, -0.05) is 146 Å². The zero-order valence-electron chi connectivity index (χ0n) is 32.2. The molecule has 58 heavy (non-hydrogen) atoms. The predicted molar refractivity (Wildman–Crippen MR) is 239 cm³/mol. The first-order chi connectivity index (χ1) is 28.7. The van der Waals surface area contributed by atoms with E-state index >= 15 is 0 Å². The van der Waals surface area contributed by atoms with Crippen molar-refractivity contribution in [1.29, 1.82) is 0 Å². The molecule has 6 aromatic carbocycles. The van der Waals surface area contributed by atoms with E-state index in [1.165, 1.54) is 0 Å². The van der Waals surface area contributed by atoms with Gasteiger partial charge in [-0.05, 0) is 86.2 Å². The molecule has 3 saturated heterocycles. The Morgan fingerprint density at radius 2 is 0.569 bits per heavy atom. The minimum absolute atomic E-state index is 0.289. The summed E-state index contributed by atoms with van der Waals surface area (Å²) in [5, 5.41) is 0. The number of rotatable bonds is 12. The van der Waals surface area contributed by atoms with Gasteiger partial charge < -0.3 is 32.8 Å². The monoisotopic (exact) mass is 761 g/mol. The third-order valence-electron chi connectivity index (χ3n) is 10.3. The average molecular weight is 761 g/mol. The first-order valence-electron chi connectivity index (χ1n) is 19.8. The van der Waals surface area contributed by atoms with E-state index < -0.39 is 0 Å². The molecule has 3 aliphatic rings. The molecule has 0 spiro atoms. The van der Waals surface area contributed by atoms with Gasteiger partial charge >= 0.3 is 21.4 Å². The average Bonchev–Trinajstić information content (AvgIpc) is 4.12. The molecule has 0 atom stereocenters. The molecule has 7 nitrogen and oxygen atoms in total. The number of anilines is 3. The van der Waals surface area contributed by atoms with Crippen molar-refractivity contribution >= 4 is 91.3 Å². The van der Waals surface area contributed by atoms with Gasteiger partial charge in [0, 0.05) is 17.1 Å². The summed E-state index contributed by atoms with van der Waals surface area (Å²) in [5.74, 6) is 0. The molecule has 9 rings (SSSR count). The van der Waals surface area contributed by atoms with Crippen molar-refractivity contribution in [3.05, 3.63) is 179 Å². The summed E-state index contributed by atoms with van der Waals surface area (Å²) in [4.78, 5) is 2.29. The quantitative estimate of drug-likeness (QED) is 0.0930. The second-order valence-corrected chi connectivity index (χ2v) is 14.3. The van der Waals surface area contributed by atoms with Gasteiger partial charge in [-0.15, -0.1) is 0 Å². The van der Waals surface area contributed by atoms with Crippen molar-refractivity contribution in [2.75, 3.05) is 44.5 Å². The minimum atomic E-state index is -0.289. The van der Waals surface area contributed by atoms with Gasteiger partial charge in [0.05, 0.1) is 39.6 Å². The lowest BCUT2D eigenvalue weighted by Crippen LogP contribution is -2.31. The van der Waals surface area contributed by atoms with Crippen molar-refractivity contribution < 1.29 is 27.9 Å². The van der Waals surface area contributed by atoms with E-state index in [9.17, 15) is 0 Å². The molecular formula is C48H42B3NO6. The van der Waals surface area contributed by atoms with Gasteiger partial charge in [0.2, 0.25) is 0 Å². The Morgan fingerprint density at radius 1 is 0.310 bits per heavy atom. The van der Waals surface area contributed by atoms with Crippen LogP contribution in [0.3, 0.4) is 0 Å².